The first kappa shape index (κ1) is 24.3. The minimum Gasteiger partial charge on any atom is -0.467 e. The molecular weight excluding hydrogens is 557 g/mol. The van der Waals surface area contributed by atoms with Crippen molar-refractivity contribution in [2.45, 2.75) is 13.1 Å². The Kier molecular flexibility index (Phi) is 5.75. The third kappa shape index (κ3) is 4.27. The SMILES string of the molecule is Cc1nc(OCC(F)(F)F)c(Br)cc1C(=O)N1CC2C(C1)[C@@H]1CN(C(=O)c3ccc4c(c3)NNN4)C[C@H]21.[HH].[HH]. The number of hydrazine groups is 2. The van der Waals surface area contributed by atoms with E-state index in [1.807, 2.05) is 23.1 Å². The molecular formula is C24H28BrF3N6O3. The predicted octanol–water partition coefficient (Wildman–Crippen LogP) is 3.93. The number of amides is 2. The minimum atomic E-state index is -4.48. The molecule has 3 fully saturated rings. The number of fused-ring (bicyclic) bond motifs is 5. The van der Waals surface area contributed by atoms with Crippen LogP contribution in [0, 0.1) is 30.6 Å². The quantitative estimate of drug-likeness (QED) is 0.501. The zero-order chi connectivity index (χ0) is 26.1. The summed E-state index contributed by atoms with van der Waals surface area (Å²) in [5.74, 6) is 0.982. The monoisotopic (exact) mass is 584 g/mol. The number of nitrogens with zero attached hydrogens (tertiary/aromatic N) is 3. The number of carbonyl (C=O) groups excluding carboxylic acids is 2. The molecule has 1 aromatic carbocycles. The van der Waals surface area contributed by atoms with Gasteiger partial charge in [-0.3, -0.25) is 9.59 Å². The van der Waals surface area contributed by atoms with Crippen molar-refractivity contribution in [3.63, 3.8) is 0 Å². The Morgan fingerprint density at radius 2 is 1.62 bits per heavy atom. The van der Waals surface area contributed by atoms with Crippen molar-refractivity contribution in [1.82, 2.24) is 20.3 Å². The fraction of sp³-hybridized carbons (Fsp3) is 0.458. The van der Waals surface area contributed by atoms with Crippen LogP contribution in [0.2, 0.25) is 0 Å². The maximum absolute atomic E-state index is 13.3. The summed E-state index contributed by atoms with van der Waals surface area (Å²) in [5, 5.41) is 0. The topological polar surface area (TPSA) is 98.8 Å². The van der Waals surface area contributed by atoms with Crippen molar-refractivity contribution < 1.29 is 30.4 Å². The maximum atomic E-state index is 13.3. The Labute approximate surface area is 221 Å². The zero-order valence-electron chi connectivity index (χ0n) is 19.7. The van der Waals surface area contributed by atoms with Crippen LogP contribution in [-0.2, 0) is 0 Å². The number of benzene rings is 1. The molecule has 4 heterocycles. The second-order valence-corrected chi connectivity index (χ2v) is 10.9. The number of rotatable bonds is 4. The molecule has 3 N–H and O–H groups in total. The maximum Gasteiger partial charge on any atom is 0.422 e. The summed E-state index contributed by atoms with van der Waals surface area (Å²) in [6.45, 7) is 2.66. The van der Waals surface area contributed by atoms with E-state index >= 15 is 0 Å². The zero-order valence-corrected chi connectivity index (χ0v) is 21.3. The number of nitrogens with one attached hydrogen (secondary N) is 3. The lowest BCUT2D eigenvalue weighted by Gasteiger charge is -2.42. The van der Waals surface area contributed by atoms with Gasteiger partial charge < -0.3 is 25.4 Å². The van der Waals surface area contributed by atoms with Gasteiger partial charge in [0.15, 0.2) is 6.61 Å². The summed E-state index contributed by atoms with van der Waals surface area (Å²) in [6.07, 6.45) is -4.48. The molecule has 2 aromatic rings. The molecule has 0 radical (unpaired) electrons. The molecule has 2 amide bonds. The molecule has 4 aliphatic rings. The van der Waals surface area contributed by atoms with Gasteiger partial charge in [0.25, 0.3) is 11.8 Å². The molecule has 0 bridgehead atoms. The Balaban J connectivity index is 0.00000176. The van der Waals surface area contributed by atoms with Crippen LogP contribution in [0.3, 0.4) is 0 Å². The second kappa shape index (κ2) is 8.76. The van der Waals surface area contributed by atoms with Crippen LogP contribution in [-0.4, -0.2) is 65.6 Å². The standard InChI is InChI=1S/C24H24BrF3N6O3.2H2/c1-11-13(5-18(25)21(29-11)37-10-24(26,27)28)23(36)34-8-16-14-6-33(7-15(14)17(16)9-34)22(35)12-2-3-19-20(4-12)31-32-30-19;;/h2-5,14-17,30-32H,6-10H2,1H3;2*1H/t14-,15+,16?,17?;;. The molecule has 200 valence electrons. The van der Waals surface area contributed by atoms with Gasteiger partial charge in [0.05, 0.1) is 27.1 Å². The number of aromatic nitrogens is 1. The van der Waals surface area contributed by atoms with E-state index in [9.17, 15) is 22.8 Å². The molecule has 3 aliphatic heterocycles. The Morgan fingerprint density at radius 1 is 1.03 bits per heavy atom. The van der Waals surface area contributed by atoms with E-state index in [1.54, 1.807) is 11.8 Å². The summed E-state index contributed by atoms with van der Waals surface area (Å²) < 4.78 is 42.5. The lowest BCUT2D eigenvalue weighted by Crippen LogP contribution is -2.44. The van der Waals surface area contributed by atoms with Crippen molar-refractivity contribution in [1.29, 1.82) is 0 Å². The Bertz CT molecular complexity index is 1280. The Hall–Kier alpha value is -3.06. The fourth-order valence-electron chi connectivity index (χ4n) is 6.14. The normalized spacial score (nSPS) is 25.5. The average molecular weight is 585 g/mol. The predicted molar refractivity (Wildman–Crippen MR) is 135 cm³/mol. The van der Waals surface area contributed by atoms with Crippen LogP contribution in [0.4, 0.5) is 24.5 Å². The van der Waals surface area contributed by atoms with Gasteiger partial charge in [-0.05, 0) is 70.8 Å². The summed E-state index contributed by atoms with van der Waals surface area (Å²) in [5.41, 5.74) is 11.7. The summed E-state index contributed by atoms with van der Waals surface area (Å²) in [4.78, 5) is 34.3. The van der Waals surface area contributed by atoms with Gasteiger partial charge >= 0.3 is 6.18 Å². The lowest BCUT2D eigenvalue weighted by molar-refractivity contribution is -0.154. The molecule has 4 atom stereocenters. The van der Waals surface area contributed by atoms with Crippen LogP contribution < -0.4 is 21.1 Å². The number of halogens is 4. The number of alkyl halides is 3. The van der Waals surface area contributed by atoms with Gasteiger partial charge in [-0.25, -0.2) is 4.98 Å². The van der Waals surface area contributed by atoms with Crippen LogP contribution in [0.25, 0.3) is 0 Å². The molecule has 2 unspecified atom stereocenters. The molecule has 6 rings (SSSR count). The van der Waals surface area contributed by atoms with Gasteiger partial charge in [0.1, 0.15) is 0 Å². The van der Waals surface area contributed by atoms with Crippen molar-refractivity contribution in [2.24, 2.45) is 23.7 Å². The first-order chi connectivity index (χ1) is 17.6. The third-order valence-electron chi connectivity index (χ3n) is 7.90. The minimum absolute atomic E-state index is 0. The number of carbonyl (C=O) groups is 2. The van der Waals surface area contributed by atoms with Crippen LogP contribution in [0.15, 0.2) is 28.7 Å². The number of aryl methyl sites for hydroxylation is 1. The molecule has 0 spiro atoms. The molecule has 9 nitrogen and oxygen atoms in total. The molecule has 1 aromatic heterocycles. The van der Waals surface area contributed by atoms with E-state index in [-0.39, 0.29) is 25.0 Å². The molecule has 37 heavy (non-hydrogen) atoms. The highest BCUT2D eigenvalue weighted by Gasteiger charge is 2.59. The van der Waals surface area contributed by atoms with E-state index in [0.29, 0.717) is 66.7 Å². The van der Waals surface area contributed by atoms with E-state index < -0.39 is 12.8 Å². The lowest BCUT2D eigenvalue weighted by atomic mass is 9.60. The molecule has 2 saturated heterocycles. The van der Waals surface area contributed by atoms with Gasteiger partial charge in [0.2, 0.25) is 5.88 Å². The fourth-order valence-corrected chi connectivity index (χ4v) is 6.57. The number of ether oxygens (including phenoxy) is 1. The van der Waals surface area contributed by atoms with E-state index in [1.165, 1.54) is 6.07 Å². The van der Waals surface area contributed by atoms with E-state index in [4.69, 9.17) is 4.74 Å². The van der Waals surface area contributed by atoms with Gasteiger partial charge in [-0.1, -0.05) is 0 Å². The summed E-state index contributed by atoms with van der Waals surface area (Å²) in [7, 11) is 0. The van der Waals surface area contributed by atoms with E-state index in [2.05, 4.69) is 37.3 Å². The van der Waals surface area contributed by atoms with Crippen molar-refractivity contribution in [3.05, 3.63) is 45.6 Å². The van der Waals surface area contributed by atoms with Crippen LogP contribution in [0.5, 0.6) is 5.88 Å². The largest absolute Gasteiger partial charge is 0.467 e. The van der Waals surface area contributed by atoms with Crippen LogP contribution >= 0.6 is 15.9 Å². The molecule has 1 saturated carbocycles. The van der Waals surface area contributed by atoms with E-state index in [0.717, 1.165) is 11.4 Å². The third-order valence-corrected chi connectivity index (χ3v) is 8.47. The second-order valence-electron chi connectivity index (χ2n) is 10.0. The number of pyridine rings is 1. The highest BCUT2D eigenvalue weighted by molar-refractivity contribution is 9.10. The summed E-state index contributed by atoms with van der Waals surface area (Å²) >= 11 is 3.18. The van der Waals surface area contributed by atoms with Gasteiger partial charge in [-0.2, -0.15) is 13.2 Å². The molecule has 1 aliphatic carbocycles. The number of anilines is 2. The molecule has 13 heteroatoms. The van der Waals surface area contributed by atoms with Crippen LogP contribution in [0.1, 0.15) is 29.3 Å². The number of likely N-dealkylation sites (tertiary alicyclic amines) is 2. The Morgan fingerprint density at radius 3 is 2.24 bits per heavy atom. The summed E-state index contributed by atoms with van der Waals surface area (Å²) in [6, 6.07) is 7.00. The highest BCUT2D eigenvalue weighted by Crippen LogP contribution is 2.54. The number of hydrogen-bond acceptors (Lipinski definition) is 7. The average Bonchev–Trinajstić information content (AvgIpc) is 3.56. The van der Waals surface area contributed by atoms with Gasteiger partial charge in [0, 0.05) is 34.6 Å². The van der Waals surface area contributed by atoms with Crippen molar-refractivity contribution in [2.75, 3.05) is 43.6 Å². The smallest absolute Gasteiger partial charge is 0.422 e. The first-order valence-electron chi connectivity index (χ1n) is 12.0. The first-order valence-corrected chi connectivity index (χ1v) is 12.7. The van der Waals surface area contributed by atoms with Gasteiger partial charge in [-0.15, -0.1) is 5.53 Å². The van der Waals surface area contributed by atoms with Crippen molar-refractivity contribution >= 4 is 39.1 Å². The number of hydrogen-bond donors (Lipinski definition) is 3. The highest BCUT2D eigenvalue weighted by atomic mass is 79.9. The van der Waals surface area contributed by atoms with Crippen molar-refractivity contribution in [3.8, 4) is 5.88 Å².